The monoisotopic (exact) mass is 310 g/mol. The predicted octanol–water partition coefficient (Wildman–Crippen LogP) is 3.34. The molecule has 0 unspecified atom stereocenters. The molecule has 0 aromatic heterocycles. The number of hydrogen-bond acceptors (Lipinski definition) is 5. The fourth-order valence-corrected chi connectivity index (χ4v) is 2.70. The zero-order chi connectivity index (χ0) is 16.4. The lowest BCUT2D eigenvalue weighted by molar-refractivity contribution is 0.101. The van der Waals surface area contributed by atoms with Crippen LogP contribution in [0.2, 0.25) is 0 Å². The lowest BCUT2D eigenvalue weighted by Gasteiger charge is -2.09. The highest BCUT2D eigenvalue weighted by Crippen LogP contribution is 2.34. The molecule has 1 heterocycles. The van der Waals surface area contributed by atoms with E-state index in [2.05, 4.69) is 16.4 Å². The number of carbonyl (C=O) groups is 1. The zero-order valence-corrected chi connectivity index (χ0v) is 13.0. The Labute approximate surface area is 134 Å². The van der Waals surface area contributed by atoms with E-state index < -0.39 is 0 Å². The van der Waals surface area contributed by atoms with Crippen molar-refractivity contribution in [2.75, 3.05) is 12.4 Å². The first-order chi connectivity index (χ1) is 11.1. The summed E-state index contributed by atoms with van der Waals surface area (Å²) >= 11 is 0. The number of nitrogens with zero attached hydrogens (tertiary/aromatic N) is 1. The van der Waals surface area contributed by atoms with Crippen LogP contribution in [0.5, 0.6) is 11.5 Å². The number of aliphatic imine (C=N–C) groups is 1. The van der Waals surface area contributed by atoms with Crippen molar-refractivity contribution in [3.63, 3.8) is 0 Å². The third kappa shape index (κ3) is 3.04. The highest BCUT2D eigenvalue weighted by Gasteiger charge is 2.18. The van der Waals surface area contributed by atoms with Crippen LogP contribution in [0, 0.1) is 0 Å². The molecule has 3 rings (SSSR count). The lowest BCUT2D eigenvalue weighted by Crippen LogP contribution is -2.16. The summed E-state index contributed by atoms with van der Waals surface area (Å²) < 4.78 is 5.04. The van der Waals surface area contributed by atoms with Crippen molar-refractivity contribution in [3.05, 3.63) is 47.5 Å². The Hall–Kier alpha value is -2.82. The number of fused-ring (bicyclic) bond motifs is 1. The summed E-state index contributed by atoms with van der Waals surface area (Å²) in [6.45, 7) is 1.47. The minimum Gasteiger partial charge on any atom is -0.504 e. The topological polar surface area (TPSA) is 70.9 Å². The van der Waals surface area contributed by atoms with Gasteiger partial charge in [0.05, 0.1) is 18.8 Å². The maximum atomic E-state index is 11.8. The Kier molecular flexibility index (Phi) is 4.02. The number of phenolic OH excluding ortho intramolecular Hbond substituents is 1. The first kappa shape index (κ1) is 15.1. The summed E-state index contributed by atoms with van der Waals surface area (Å²) in [7, 11) is 1.45. The van der Waals surface area contributed by atoms with Crippen LogP contribution in [0.25, 0.3) is 0 Å². The van der Waals surface area contributed by atoms with Gasteiger partial charge in [0.1, 0.15) is 0 Å². The molecular formula is C18H18N2O3. The second-order valence-corrected chi connectivity index (χ2v) is 5.49. The average molecular weight is 310 g/mol. The number of aromatic hydroxyl groups is 1. The van der Waals surface area contributed by atoms with E-state index >= 15 is 0 Å². The van der Waals surface area contributed by atoms with E-state index in [4.69, 9.17) is 4.74 Å². The molecule has 0 fully saturated rings. The number of rotatable bonds is 4. The maximum Gasteiger partial charge on any atom is 0.162 e. The van der Waals surface area contributed by atoms with E-state index in [-0.39, 0.29) is 23.3 Å². The van der Waals surface area contributed by atoms with Crippen LogP contribution in [-0.2, 0) is 6.42 Å². The molecule has 0 bridgehead atoms. The molecule has 5 heteroatoms. The number of ether oxygens (including phenoxy) is 1. The molecule has 2 aromatic carbocycles. The van der Waals surface area contributed by atoms with Gasteiger partial charge in [-0.05, 0) is 31.0 Å². The van der Waals surface area contributed by atoms with Gasteiger partial charge in [-0.3, -0.25) is 9.79 Å². The average Bonchev–Trinajstić information content (AvgIpc) is 2.95. The molecule has 23 heavy (non-hydrogen) atoms. The fourth-order valence-electron chi connectivity index (χ4n) is 2.70. The number of ketones is 1. The maximum absolute atomic E-state index is 11.8. The van der Waals surface area contributed by atoms with E-state index in [0.29, 0.717) is 11.3 Å². The molecule has 2 aromatic rings. The largest absolute Gasteiger partial charge is 0.504 e. The predicted molar refractivity (Wildman–Crippen MR) is 90.4 cm³/mol. The van der Waals surface area contributed by atoms with Gasteiger partial charge < -0.3 is 15.2 Å². The third-order valence-electron chi connectivity index (χ3n) is 3.87. The second kappa shape index (κ2) is 6.12. The van der Waals surface area contributed by atoms with Gasteiger partial charge in [-0.15, -0.1) is 0 Å². The summed E-state index contributed by atoms with van der Waals surface area (Å²) in [5.41, 5.74) is 3.21. The molecule has 0 amide bonds. The molecule has 0 saturated heterocycles. The number of nitrogens with one attached hydrogen (secondary N) is 1. The van der Waals surface area contributed by atoms with Crippen LogP contribution in [0.4, 0.5) is 11.4 Å². The first-order valence-corrected chi connectivity index (χ1v) is 7.39. The van der Waals surface area contributed by atoms with Gasteiger partial charge in [-0.25, -0.2) is 0 Å². The lowest BCUT2D eigenvalue weighted by atomic mass is 10.1. The van der Waals surface area contributed by atoms with Crippen LogP contribution in [0.1, 0.15) is 22.8 Å². The van der Waals surface area contributed by atoms with Gasteiger partial charge in [0.15, 0.2) is 17.3 Å². The van der Waals surface area contributed by atoms with Crippen molar-refractivity contribution >= 4 is 23.4 Å². The number of hydrogen-bond donors (Lipinski definition) is 2. The molecule has 1 aliphatic heterocycles. The van der Waals surface area contributed by atoms with E-state index in [0.717, 1.165) is 12.1 Å². The Balaban J connectivity index is 1.86. The van der Waals surface area contributed by atoms with Crippen molar-refractivity contribution in [1.82, 2.24) is 0 Å². The van der Waals surface area contributed by atoms with Gasteiger partial charge in [-0.1, -0.05) is 18.2 Å². The normalized spacial score (nSPS) is 16.2. The SMILES string of the molecule is COc1cc(C(C)=O)c(/N=C\[C@@H]2Cc3ccccc3N2)cc1O. The minimum atomic E-state index is -0.127. The number of anilines is 1. The standard InChI is InChI=1S/C18H18N2O3/c1-11(21)14-8-18(23-2)17(22)9-16(14)19-10-13-7-12-5-3-4-6-15(12)20-13/h3-6,8-10,13,20,22H,7H2,1-2H3/b19-10-/t13-/m0/s1. The molecule has 118 valence electrons. The van der Waals surface area contributed by atoms with Crippen molar-refractivity contribution in [1.29, 1.82) is 0 Å². The molecule has 2 N–H and O–H groups in total. The molecule has 0 aliphatic carbocycles. The smallest absolute Gasteiger partial charge is 0.162 e. The van der Waals surface area contributed by atoms with Gasteiger partial charge in [0, 0.05) is 23.5 Å². The first-order valence-electron chi connectivity index (χ1n) is 7.39. The minimum absolute atomic E-state index is 0.0349. The zero-order valence-electron chi connectivity index (χ0n) is 13.0. The molecule has 0 radical (unpaired) electrons. The number of methoxy groups -OCH3 is 1. The quantitative estimate of drug-likeness (QED) is 0.671. The van der Waals surface area contributed by atoms with E-state index in [1.807, 2.05) is 18.2 Å². The van der Waals surface area contributed by atoms with Crippen LogP contribution in [-0.4, -0.2) is 30.3 Å². The van der Waals surface area contributed by atoms with Gasteiger partial charge in [0.25, 0.3) is 0 Å². The number of benzene rings is 2. The molecule has 1 aliphatic rings. The second-order valence-electron chi connectivity index (χ2n) is 5.49. The summed E-state index contributed by atoms with van der Waals surface area (Å²) in [5.74, 6) is 0.103. The van der Waals surface area contributed by atoms with E-state index in [1.54, 1.807) is 6.21 Å². The van der Waals surface area contributed by atoms with Crippen LogP contribution in [0.3, 0.4) is 0 Å². The van der Waals surface area contributed by atoms with Crippen LogP contribution < -0.4 is 10.1 Å². The van der Waals surface area contributed by atoms with Crippen molar-refractivity contribution in [2.45, 2.75) is 19.4 Å². The highest BCUT2D eigenvalue weighted by molar-refractivity contribution is 6.00. The van der Waals surface area contributed by atoms with E-state index in [1.165, 1.54) is 31.7 Å². The number of phenols is 1. The molecule has 0 saturated carbocycles. The summed E-state index contributed by atoms with van der Waals surface area (Å²) in [6.07, 6.45) is 2.62. The highest BCUT2D eigenvalue weighted by atomic mass is 16.5. The van der Waals surface area contributed by atoms with Gasteiger partial charge in [0.2, 0.25) is 0 Å². The number of Topliss-reactive ketones (excluding diaryl/α,β-unsaturated/α-hetero) is 1. The number of para-hydroxylation sites is 1. The summed E-state index contributed by atoms with van der Waals surface area (Å²) in [4.78, 5) is 16.2. The molecule has 1 atom stereocenters. The van der Waals surface area contributed by atoms with Gasteiger partial charge in [-0.2, -0.15) is 0 Å². The van der Waals surface area contributed by atoms with Crippen molar-refractivity contribution in [3.8, 4) is 11.5 Å². The Morgan fingerprint density at radius 2 is 2.17 bits per heavy atom. The van der Waals surface area contributed by atoms with Crippen LogP contribution >= 0.6 is 0 Å². The Bertz CT molecular complexity index is 759. The molecule has 0 spiro atoms. The third-order valence-corrected chi connectivity index (χ3v) is 3.87. The van der Waals surface area contributed by atoms with Crippen molar-refractivity contribution < 1.29 is 14.6 Å². The van der Waals surface area contributed by atoms with E-state index in [9.17, 15) is 9.90 Å². The molecular weight excluding hydrogens is 292 g/mol. The van der Waals surface area contributed by atoms with Crippen molar-refractivity contribution in [2.24, 2.45) is 4.99 Å². The number of carbonyl (C=O) groups excluding carboxylic acids is 1. The fraction of sp³-hybridized carbons (Fsp3) is 0.222. The summed E-state index contributed by atoms with van der Waals surface area (Å²) in [6, 6.07) is 11.1. The summed E-state index contributed by atoms with van der Waals surface area (Å²) in [5, 5.41) is 13.3. The Morgan fingerprint density at radius 1 is 1.39 bits per heavy atom. The Morgan fingerprint density at radius 3 is 2.87 bits per heavy atom. The van der Waals surface area contributed by atoms with Crippen LogP contribution in [0.15, 0.2) is 41.4 Å². The molecule has 5 nitrogen and oxygen atoms in total. The van der Waals surface area contributed by atoms with Gasteiger partial charge >= 0.3 is 0 Å².